The highest BCUT2D eigenvalue weighted by Gasteiger charge is 2.66. The Kier molecular flexibility index (Phi) is 7.11. The Balaban J connectivity index is 1.76. The summed E-state index contributed by atoms with van der Waals surface area (Å²) in [5.41, 5.74) is 0.754. The van der Waals surface area contributed by atoms with E-state index in [-0.39, 0.29) is 29.9 Å². The Morgan fingerprint density at radius 1 is 1.28 bits per heavy atom. The van der Waals surface area contributed by atoms with Crippen LogP contribution in [0.2, 0.25) is 18.6 Å². The second-order valence-electron chi connectivity index (χ2n) is 9.99. The van der Waals surface area contributed by atoms with E-state index in [1.807, 2.05) is 20.0 Å². The molecule has 2 aliphatic rings. The van der Waals surface area contributed by atoms with Crippen molar-refractivity contribution < 1.29 is 29.0 Å². The molecule has 2 aromatic carbocycles. The molecular weight excluding hydrogens is 476 g/mol. The maximum absolute atomic E-state index is 13.9. The molecule has 0 aliphatic carbocycles. The Morgan fingerprint density at radius 3 is 2.56 bits per heavy atom. The van der Waals surface area contributed by atoms with Crippen molar-refractivity contribution in [3.63, 3.8) is 0 Å². The standard InChI is InChI=1S/C27H34N2O6Si/c1-6-14-29-22-12-9-19(28-25(31)18-7-10-20(34-3)11-8-18)16-21(22)27(26(29)32)17(2)24(36(4,5)33)23(35-27)13-15-30/h6-12,16-17,23-24,30,33H,1,13-15H2,2-5H3,(H,28,31)/t17-,23+,24-,27+/m0/s1. The van der Waals surface area contributed by atoms with E-state index in [2.05, 4.69) is 11.9 Å². The highest BCUT2D eigenvalue weighted by molar-refractivity contribution is 6.71. The molecule has 4 atom stereocenters. The van der Waals surface area contributed by atoms with Crippen LogP contribution in [0, 0.1) is 5.92 Å². The van der Waals surface area contributed by atoms with Gasteiger partial charge in [0.05, 0.1) is 18.9 Å². The van der Waals surface area contributed by atoms with Crippen LogP contribution in [-0.4, -0.2) is 56.4 Å². The molecule has 0 saturated carbocycles. The smallest absolute Gasteiger partial charge is 0.264 e. The van der Waals surface area contributed by atoms with Gasteiger partial charge in [-0.05, 0) is 62.0 Å². The van der Waals surface area contributed by atoms with Crippen molar-refractivity contribution in [2.75, 3.05) is 30.5 Å². The number of carbonyl (C=O) groups excluding carboxylic acids is 2. The molecule has 2 aliphatic heterocycles. The molecular formula is C27H34N2O6Si. The van der Waals surface area contributed by atoms with Crippen LogP contribution >= 0.6 is 0 Å². The number of hydrogen-bond acceptors (Lipinski definition) is 6. The van der Waals surface area contributed by atoms with Crippen LogP contribution in [-0.2, 0) is 15.1 Å². The van der Waals surface area contributed by atoms with Gasteiger partial charge in [-0.2, -0.15) is 0 Å². The van der Waals surface area contributed by atoms with E-state index < -0.39 is 20.0 Å². The van der Waals surface area contributed by atoms with Gasteiger partial charge in [-0.25, -0.2) is 0 Å². The number of methoxy groups -OCH3 is 1. The Morgan fingerprint density at radius 2 is 1.97 bits per heavy atom. The predicted octanol–water partition coefficient (Wildman–Crippen LogP) is 3.66. The topological polar surface area (TPSA) is 108 Å². The molecule has 1 saturated heterocycles. The minimum Gasteiger partial charge on any atom is -0.497 e. The minimum atomic E-state index is -2.77. The Bertz CT molecular complexity index is 1160. The third kappa shape index (κ3) is 4.26. The lowest BCUT2D eigenvalue weighted by Gasteiger charge is -2.32. The lowest BCUT2D eigenvalue weighted by atomic mass is 9.82. The summed E-state index contributed by atoms with van der Waals surface area (Å²) in [6.07, 6.45) is 1.52. The van der Waals surface area contributed by atoms with Gasteiger partial charge in [0.1, 0.15) is 5.75 Å². The number of anilines is 2. The van der Waals surface area contributed by atoms with Crippen LogP contribution in [0.15, 0.2) is 55.1 Å². The van der Waals surface area contributed by atoms with Gasteiger partial charge in [0.15, 0.2) is 13.9 Å². The third-order valence-electron chi connectivity index (χ3n) is 7.32. The average molecular weight is 511 g/mol. The summed E-state index contributed by atoms with van der Waals surface area (Å²) in [6.45, 7) is 9.62. The zero-order chi connectivity index (χ0) is 26.3. The van der Waals surface area contributed by atoms with E-state index in [9.17, 15) is 19.5 Å². The number of amides is 2. The summed E-state index contributed by atoms with van der Waals surface area (Å²) in [4.78, 5) is 39.6. The molecule has 0 bridgehead atoms. The van der Waals surface area contributed by atoms with Crippen LogP contribution < -0.4 is 15.0 Å². The first kappa shape index (κ1) is 26.1. The zero-order valence-corrected chi connectivity index (χ0v) is 22.2. The molecule has 36 heavy (non-hydrogen) atoms. The molecule has 192 valence electrons. The highest BCUT2D eigenvalue weighted by atomic mass is 28.4. The number of hydrogen-bond donors (Lipinski definition) is 3. The lowest BCUT2D eigenvalue weighted by molar-refractivity contribution is -0.146. The van der Waals surface area contributed by atoms with Crippen molar-refractivity contribution in [3.05, 3.63) is 66.2 Å². The number of rotatable bonds is 8. The van der Waals surface area contributed by atoms with Crippen LogP contribution in [0.3, 0.4) is 0 Å². The van der Waals surface area contributed by atoms with Crippen molar-refractivity contribution in [2.24, 2.45) is 5.92 Å². The van der Waals surface area contributed by atoms with Crippen LogP contribution in [0.25, 0.3) is 0 Å². The average Bonchev–Trinajstić information content (AvgIpc) is 3.26. The molecule has 3 N–H and O–H groups in total. The summed E-state index contributed by atoms with van der Waals surface area (Å²) in [7, 11) is -1.21. The van der Waals surface area contributed by atoms with Gasteiger partial charge in [-0.15, -0.1) is 6.58 Å². The van der Waals surface area contributed by atoms with Crippen molar-refractivity contribution in [3.8, 4) is 5.75 Å². The van der Waals surface area contributed by atoms with E-state index in [1.165, 1.54) is 0 Å². The minimum absolute atomic E-state index is 0.107. The molecule has 8 nitrogen and oxygen atoms in total. The summed E-state index contributed by atoms with van der Waals surface area (Å²) in [5.74, 6) is -0.192. The Hall–Kier alpha value is -2.98. The molecule has 9 heteroatoms. The van der Waals surface area contributed by atoms with Crippen LogP contribution in [0.5, 0.6) is 5.75 Å². The number of fused-ring (bicyclic) bond motifs is 2. The van der Waals surface area contributed by atoms with E-state index in [0.717, 1.165) is 0 Å². The number of ether oxygens (including phenoxy) is 2. The maximum atomic E-state index is 13.9. The molecule has 1 fully saturated rings. The molecule has 2 amide bonds. The number of nitrogens with one attached hydrogen (secondary N) is 1. The van der Waals surface area contributed by atoms with Crippen LogP contribution in [0.1, 0.15) is 29.3 Å². The number of benzene rings is 2. The fourth-order valence-corrected chi connectivity index (χ4v) is 8.41. The number of nitrogens with zero attached hydrogens (tertiary/aromatic N) is 1. The Labute approximate surface area is 212 Å². The van der Waals surface area contributed by atoms with Crippen molar-refractivity contribution >= 4 is 31.5 Å². The summed E-state index contributed by atoms with van der Waals surface area (Å²) in [6, 6.07) is 12.1. The van der Waals surface area contributed by atoms with E-state index in [1.54, 1.807) is 60.6 Å². The summed E-state index contributed by atoms with van der Waals surface area (Å²) < 4.78 is 11.7. The molecule has 4 rings (SSSR count). The first-order valence-corrected chi connectivity index (χ1v) is 15.1. The van der Waals surface area contributed by atoms with Gasteiger partial charge in [-0.3, -0.25) is 9.59 Å². The zero-order valence-electron chi connectivity index (χ0n) is 21.2. The molecule has 1 spiro atoms. The summed E-state index contributed by atoms with van der Waals surface area (Å²) >= 11 is 0. The van der Waals surface area contributed by atoms with E-state index in [0.29, 0.717) is 41.2 Å². The largest absolute Gasteiger partial charge is 0.497 e. The molecule has 2 heterocycles. The van der Waals surface area contributed by atoms with Gasteiger partial charge in [0.2, 0.25) is 0 Å². The fraction of sp³-hybridized carbons (Fsp3) is 0.407. The first-order chi connectivity index (χ1) is 17.1. The predicted molar refractivity (Wildman–Crippen MR) is 141 cm³/mol. The molecule has 0 unspecified atom stereocenters. The van der Waals surface area contributed by atoms with Crippen molar-refractivity contribution in [2.45, 2.75) is 43.7 Å². The normalized spacial score (nSPS) is 25.2. The summed E-state index contributed by atoms with van der Waals surface area (Å²) in [5, 5.41) is 12.6. The van der Waals surface area contributed by atoms with Gasteiger partial charge < -0.3 is 29.6 Å². The second kappa shape index (κ2) is 9.82. The van der Waals surface area contributed by atoms with Gasteiger partial charge in [0.25, 0.3) is 11.8 Å². The lowest BCUT2D eigenvalue weighted by Crippen LogP contribution is -2.46. The quantitative estimate of drug-likeness (QED) is 0.370. The van der Waals surface area contributed by atoms with Crippen molar-refractivity contribution in [1.29, 1.82) is 0 Å². The second-order valence-corrected chi connectivity index (χ2v) is 14.0. The highest BCUT2D eigenvalue weighted by Crippen LogP contribution is 2.59. The van der Waals surface area contributed by atoms with Gasteiger partial charge in [0, 0.05) is 41.4 Å². The third-order valence-corrected chi connectivity index (χ3v) is 9.82. The fourth-order valence-electron chi connectivity index (χ4n) is 5.81. The molecule has 0 radical (unpaired) electrons. The van der Waals surface area contributed by atoms with Crippen LogP contribution in [0.4, 0.5) is 11.4 Å². The first-order valence-electron chi connectivity index (χ1n) is 12.1. The number of aliphatic hydroxyl groups is 1. The van der Waals surface area contributed by atoms with Gasteiger partial charge in [-0.1, -0.05) is 13.0 Å². The van der Waals surface area contributed by atoms with Crippen molar-refractivity contribution in [1.82, 2.24) is 0 Å². The number of aliphatic hydroxyl groups excluding tert-OH is 1. The monoisotopic (exact) mass is 510 g/mol. The SMILES string of the molecule is C=CCN1C(=O)[C@]2(O[C@H](CCO)[C@@H]([Si](C)(C)O)[C@@H]2C)c2cc(NC(=O)c3ccc(OC)cc3)ccc21. The van der Waals surface area contributed by atoms with Gasteiger partial charge >= 0.3 is 0 Å². The molecule has 0 aromatic heterocycles. The van der Waals surface area contributed by atoms with E-state index >= 15 is 0 Å². The number of carbonyl (C=O) groups is 2. The van der Waals surface area contributed by atoms with E-state index in [4.69, 9.17) is 9.47 Å². The maximum Gasteiger partial charge on any atom is 0.264 e. The molecule has 2 aromatic rings.